The van der Waals surface area contributed by atoms with Crippen molar-refractivity contribution >= 4 is 39.7 Å². The van der Waals surface area contributed by atoms with E-state index in [-0.39, 0.29) is 0 Å². The molecule has 1 aliphatic heterocycles. The zero-order valence-corrected chi connectivity index (χ0v) is 23.7. The van der Waals surface area contributed by atoms with E-state index >= 15 is 0 Å². The van der Waals surface area contributed by atoms with E-state index in [0.717, 1.165) is 66.7 Å². The van der Waals surface area contributed by atoms with E-state index in [1.165, 1.54) is 22.4 Å². The van der Waals surface area contributed by atoms with Crippen molar-refractivity contribution in [2.24, 2.45) is 0 Å². The Kier molecular flexibility index (Phi) is 9.95. The normalized spacial score (nSPS) is 12.6. The summed E-state index contributed by atoms with van der Waals surface area (Å²) in [4.78, 5) is 25.0. The van der Waals surface area contributed by atoms with Gasteiger partial charge in [0.25, 0.3) is 0 Å². The second-order valence-corrected chi connectivity index (χ2v) is 9.24. The maximum absolute atomic E-state index is 9.25. The lowest BCUT2D eigenvalue weighted by molar-refractivity contribution is -0.131. The lowest BCUT2D eigenvalue weighted by atomic mass is 10.0. The van der Waals surface area contributed by atoms with Crippen LogP contribution in [0.5, 0.6) is 0 Å². The Hall–Kier alpha value is -4.83. The molecule has 1 fully saturated rings. The summed E-state index contributed by atoms with van der Waals surface area (Å²) in [5.41, 5.74) is 7.75. The average Bonchev–Trinajstić information content (AvgIpc) is 3.48. The van der Waals surface area contributed by atoms with Gasteiger partial charge in [-0.25, -0.2) is 24.3 Å². The third-order valence-corrected chi connectivity index (χ3v) is 6.62. The van der Waals surface area contributed by atoms with Crippen LogP contribution in [0, 0.1) is 6.92 Å². The van der Waals surface area contributed by atoms with Gasteiger partial charge in [0.05, 0.1) is 5.52 Å². The quantitative estimate of drug-likeness (QED) is 0.250. The van der Waals surface area contributed by atoms with Crippen molar-refractivity contribution in [3.8, 4) is 0 Å². The Morgan fingerprint density at radius 3 is 2.56 bits per heavy atom. The number of aryl methyl sites for hydroxylation is 1. The molecule has 5 aromatic rings. The summed E-state index contributed by atoms with van der Waals surface area (Å²) in [7, 11) is 0. The molecule has 0 spiro atoms. The van der Waals surface area contributed by atoms with E-state index in [9.17, 15) is 4.79 Å². The van der Waals surface area contributed by atoms with Crippen molar-refractivity contribution in [1.29, 1.82) is 0 Å². The van der Waals surface area contributed by atoms with E-state index in [0.29, 0.717) is 0 Å². The largest absolute Gasteiger partial charge is 0.478 e. The fraction of sp³-hybridized carbons (Fsp3) is 0.258. The number of carboxylic acid groups (broad SMARTS) is 1. The molecular formula is C31H36N8O2. The molecule has 1 aliphatic rings. The van der Waals surface area contributed by atoms with E-state index in [4.69, 9.17) is 5.11 Å². The predicted octanol–water partition coefficient (Wildman–Crippen LogP) is 5.01. The number of aliphatic carboxylic acids is 1. The molecule has 3 aromatic heterocycles. The van der Waals surface area contributed by atoms with E-state index in [1.807, 2.05) is 20.0 Å². The molecule has 1 saturated heterocycles. The third kappa shape index (κ3) is 7.43. The van der Waals surface area contributed by atoms with Gasteiger partial charge in [-0.05, 0) is 72.5 Å². The SMILES string of the molecule is C=CC(=O)O.CC.Cc1cc(Nc2ncnc3ccc(N4CCNCC4)cc23)ccc1Cc1ccn2ncnc2c1. The highest BCUT2D eigenvalue weighted by molar-refractivity contribution is 5.93. The molecule has 10 nitrogen and oxygen atoms in total. The molecule has 3 N–H and O–H groups in total. The number of carbonyl (C=O) groups is 1. The predicted molar refractivity (Wildman–Crippen MR) is 164 cm³/mol. The molecule has 0 saturated carbocycles. The first-order valence-electron chi connectivity index (χ1n) is 13.7. The van der Waals surface area contributed by atoms with Crippen LogP contribution >= 0.6 is 0 Å². The van der Waals surface area contributed by atoms with Gasteiger partial charge < -0.3 is 20.6 Å². The number of nitrogens with one attached hydrogen (secondary N) is 2. The summed E-state index contributed by atoms with van der Waals surface area (Å²) in [6.07, 6.45) is 6.84. The Morgan fingerprint density at radius 2 is 1.83 bits per heavy atom. The van der Waals surface area contributed by atoms with Crippen molar-refractivity contribution < 1.29 is 9.90 Å². The number of nitrogens with zero attached hydrogens (tertiary/aromatic N) is 6. The number of pyridine rings is 1. The molecule has 0 amide bonds. The van der Waals surface area contributed by atoms with E-state index in [2.05, 4.69) is 97.6 Å². The Balaban J connectivity index is 0.000000502. The van der Waals surface area contributed by atoms with Crippen molar-refractivity contribution in [3.05, 3.63) is 96.7 Å². The second kappa shape index (κ2) is 14.0. The molecule has 10 heteroatoms. The monoisotopic (exact) mass is 552 g/mol. The molecular weight excluding hydrogens is 516 g/mol. The number of fused-ring (bicyclic) bond motifs is 2. The van der Waals surface area contributed by atoms with Crippen molar-refractivity contribution in [3.63, 3.8) is 0 Å². The second-order valence-electron chi connectivity index (χ2n) is 9.24. The number of piperazine rings is 1. The molecule has 0 atom stereocenters. The lowest BCUT2D eigenvalue weighted by Crippen LogP contribution is -2.43. The molecule has 0 aliphatic carbocycles. The summed E-state index contributed by atoms with van der Waals surface area (Å²) in [6.45, 7) is 13.1. The molecule has 212 valence electrons. The average molecular weight is 553 g/mol. The van der Waals surface area contributed by atoms with Gasteiger partial charge >= 0.3 is 5.97 Å². The molecule has 0 bridgehead atoms. The molecule has 0 radical (unpaired) electrons. The van der Waals surface area contributed by atoms with Crippen LogP contribution in [0.1, 0.15) is 30.5 Å². The highest BCUT2D eigenvalue weighted by Crippen LogP contribution is 2.28. The Morgan fingerprint density at radius 1 is 1.05 bits per heavy atom. The first kappa shape index (κ1) is 29.2. The fourth-order valence-corrected chi connectivity index (χ4v) is 4.56. The summed E-state index contributed by atoms with van der Waals surface area (Å²) < 4.78 is 1.78. The molecule has 6 rings (SSSR count). The number of hydrogen-bond donors (Lipinski definition) is 3. The van der Waals surface area contributed by atoms with Crippen LogP contribution in [0.25, 0.3) is 16.6 Å². The van der Waals surface area contributed by atoms with Crippen molar-refractivity contribution in [2.45, 2.75) is 27.2 Å². The van der Waals surface area contributed by atoms with Crippen molar-refractivity contribution in [2.75, 3.05) is 36.4 Å². The maximum Gasteiger partial charge on any atom is 0.327 e. The third-order valence-electron chi connectivity index (χ3n) is 6.62. The van der Waals surface area contributed by atoms with Crippen LogP contribution in [0.3, 0.4) is 0 Å². The molecule has 2 aromatic carbocycles. The molecule has 41 heavy (non-hydrogen) atoms. The number of aromatic nitrogens is 5. The van der Waals surface area contributed by atoms with Gasteiger partial charge in [-0.1, -0.05) is 26.5 Å². The highest BCUT2D eigenvalue weighted by Gasteiger charge is 2.13. The Labute approximate surface area is 239 Å². The Bertz CT molecular complexity index is 1630. The minimum Gasteiger partial charge on any atom is -0.478 e. The standard InChI is InChI=1S/C26H26N8.C3H4O2.C2H6/c1-18-12-21(3-2-20(18)13-19-6-9-34-25(14-19)29-17-31-34)32-26-23-15-22(33-10-7-27-8-11-33)4-5-24(23)28-16-30-26;1-2-3(4)5;1-2/h2-6,9,12,14-17,27H,7-8,10-11,13H2,1H3,(H,28,30,32);2H,1H2,(H,4,5);1-2H3. The number of hydrogen-bond acceptors (Lipinski definition) is 8. The minimum atomic E-state index is -0.981. The van der Waals surface area contributed by atoms with E-state index < -0.39 is 5.97 Å². The number of carboxylic acids is 1. The molecule has 4 heterocycles. The number of benzene rings is 2. The number of rotatable bonds is 6. The van der Waals surface area contributed by atoms with Crippen LogP contribution in [-0.2, 0) is 11.2 Å². The van der Waals surface area contributed by atoms with Gasteiger partial charge in [0.1, 0.15) is 18.5 Å². The van der Waals surface area contributed by atoms with Gasteiger partial charge in [-0.15, -0.1) is 0 Å². The zero-order chi connectivity index (χ0) is 29.2. The highest BCUT2D eigenvalue weighted by atomic mass is 16.4. The van der Waals surface area contributed by atoms with Gasteiger partial charge in [-0.3, -0.25) is 0 Å². The minimum absolute atomic E-state index is 0.825. The van der Waals surface area contributed by atoms with Crippen LogP contribution in [0.15, 0.2) is 80.0 Å². The smallest absolute Gasteiger partial charge is 0.327 e. The summed E-state index contributed by atoms with van der Waals surface area (Å²) in [5.74, 6) is -0.156. The van der Waals surface area contributed by atoms with Crippen molar-refractivity contribution in [1.82, 2.24) is 29.9 Å². The fourth-order valence-electron chi connectivity index (χ4n) is 4.56. The van der Waals surface area contributed by atoms with Gasteiger partial charge in [-0.2, -0.15) is 5.10 Å². The van der Waals surface area contributed by atoms with Gasteiger partial charge in [0.2, 0.25) is 0 Å². The zero-order valence-electron chi connectivity index (χ0n) is 23.7. The first-order valence-corrected chi connectivity index (χ1v) is 13.7. The van der Waals surface area contributed by atoms with E-state index in [1.54, 1.807) is 17.2 Å². The molecule has 0 unspecified atom stereocenters. The van der Waals surface area contributed by atoms with Gasteiger partial charge in [0.15, 0.2) is 5.65 Å². The van der Waals surface area contributed by atoms with Crippen LogP contribution < -0.4 is 15.5 Å². The maximum atomic E-state index is 9.25. The van der Waals surface area contributed by atoms with Crippen LogP contribution in [0.4, 0.5) is 17.2 Å². The van der Waals surface area contributed by atoms with Gasteiger partial charge in [0, 0.05) is 55.2 Å². The lowest BCUT2D eigenvalue weighted by Gasteiger charge is -2.29. The topological polar surface area (TPSA) is 121 Å². The first-order chi connectivity index (χ1) is 20.0. The summed E-state index contributed by atoms with van der Waals surface area (Å²) >= 11 is 0. The summed E-state index contributed by atoms with van der Waals surface area (Å²) in [6, 6.07) is 17.1. The number of anilines is 3. The van der Waals surface area contributed by atoms with Crippen LogP contribution in [0.2, 0.25) is 0 Å². The summed E-state index contributed by atoms with van der Waals surface area (Å²) in [5, 5.41) is 19.7. The van der Waals surface area contributed by atoms with Crippen LogP contribution in [-0.4, -0.2) is 61.8 Å².